The van der Waals surface area contributed by atoms with Gasteiger partial charge in [-0.05, 0) is 19.2 Å². The molecule has 1 fully saturated rings. The summed E-state index contributed by atoms with van der Waals surface area (Å²) in [6.45, 7) is 2.24. The van der Waals surface area contributed by atoms with Gasteiger partial charge in [-0.15, -0.1) is 0 Å². The Morgan fingerprint density at radius 1 is 1.31 bits per heavy atom. The molecular weight excluding hydrogens is 204 g/mol. The number of piperazine rings is 1. The van der Waals surface area contributed by atoms with Crippen molar-refractivity contribution in [2.75, 3.05) is 31.6 Å². The third-order valence-electron chi connectivity index (χ3n) is 2.96. The third kappa shape index (κ3) is 2.17. The Morgan fingerprint density at radius 2 is 2.00 bits per heavy atom. The zero-order chi connectivity index (χ0) is 11.5. The van der Waals surface area contributed by atoms with E-state index in [4.69, 9.17) is 0 Å². The summed E-state index contributed by atoms with van der Waals surface area (Å²) in [7, 11) is 1.96. The van der Waals surface area contributed by atoms with Crippen LogP contribution in [0.1, 0.15) is 0 Å². The van der Waals surface area contributed by atoms with Crippen molar-refractivity contribution in [1.29, 1.82) is 0 Å². The van der Waals surface area contributed by atoms with Gasteiger partial charge in [-0.25, -0.2) is 4.79 Å². The lowest BCUT2D eigenvalue weighted by Crippen LogP contribution is -2.55. The summed E-state index contributed by atoms with van der Waals surface area (Å²) >= 11 is 0. The normalized spacial score (nSPS) is 22.1. The van der Waals surface area contributed by atoms with Crippen LogP contribution >= 0.6 is 0 Å². The van der Waals surface area contributed by atoms with E-state index < -0.39 is 12.0 Å². The highest BCUT2D eigenvalue weighted by molar-refractivity contribution is 5.78. The lowest BCUT2D eigenvalue weighted by molar-refractivity contribution is -0.139. The first-order valence-corrected chi connectivity index (χ1v) is 5.41. The molecule has 1 aliphatic heterocycles. The fourth-order valence-electron chi connectivity index (χ4n) is 2.06. The molecule has 4 heteroatoms. The maximum Gasteiger partial charge on any atom is 0.327 e. The van der Waals surface area contributed by atoms with E-state index in [0.29, 0.717) is 6.54 Å². The molecule has 1 heterocycles. The van der Waals surface area contributed by atoms with E-state index in [-0.39, 0.29) is 0 Å². The van der Waals surface area contributed by atoms with E-state index in [1.165, 1.54) is 0 Å². The number of carbonyl (C=O) groups is 1. The van der Waals surface area contributed by atoms with Crippen LogP contribution in [-0.4, -0.2) is 48.7 Å². The van der Waals surface area contributed by atoms with Crippen LogP contribution < -0.4 is 4.90 Å². The molecule has 1 unspecified atom stereocenters. The molecule has 1 atom stereocenters. The number of anilines is 1. The largest absolute Gasteiger partial charge is 0.480 e. The minimum absolute atomic E-state index is 0.443. The number of carboxylic acids is 1. The van der Waals surface area contributed by atoms with Gasteiger partial charge in [0, 0.05) is 25.3 Å². The maximum absolute atomic E-state index is 11.2. The van der Waals surface area contributed by atoms with Gasteiger partial charge in [0.25, 0.3) is 0 Å². The number of para-hydroxylation sites is 1. The Labute approximate surface area is 95.1 Å². The molecule has 1 N–H and O–H groups in total. The van der Waals surface area contributed by atoms with E-state index in [9.17, 15) is 9.90 Å². The first-order valence-electron chi connectivity index (χ1n) is 5.41. The summed E-state index contributed by atoms with van der Waals surface area (Å²) in [5, 5.41) is 9.22. The predicted molar refractivity (Wildman–Crippen MR) is 62.7 cm³/mol. The van der Waals surface area contributed by atoms with Crippen molar-refractivity contribution >= 4 is 11.7 Å². The molecule has 0 saturated carbocycles. The fourth-order valence-corrected chi connectivity index (χ4v) is 2.06. The van der Waals surface area contributed by atoms with Crippen molar-refractivity contribution in [3.8, 4) is 0 Å². The Kier molecular flexibility index (Phi) is 3.10. The number of hydrogen-bond donors (Lipinski definition) is 1. The Balaban J connectivity index is 2.22. The molecule has 1 aromatic rings. The first kappa shape index (κ1) is 11.0. The topological polar surface area (TPSA) is 43.8 Å². The lowest BCUT2D eigenvalue weighted by Gasteiger charge is -2.39. The minimum Gasteiger partial charge on any atom is -0.480 e. The molecule has 0 aromatic heterocycles. The standard InChI is InChI=1S/C12H16N2O2/c1-13-7-8-14(11(9-13)12(15)16)10-5-3-2-4-6-10/h2-6,11H,7-9H2,1H3,(H,15,16). The van der Waals surface area contributed by atoms with E-state index in [1.807, 2.05) is 42.3 Å². The summed E-state index contributed by atoms with van der Waals surface area (Å²) < 4.78 is 0. The van der Waals surface area contributed by atoms with Crippen LogP contribution in [0.2, 0.25) is 0 Å². The van der Waals surface area contributed by atoms with Gasteiger partial charge in [-0.3, -0.25) is 0 Å². The highest BCUT2D eigenvalue weighted by atomic mass is 16.4. The second-order valence-corrected chi connectivity index (χ2v) is 4.15. The van der Waals surface area contributed by atoms with Gasteiger partial charge in [0.15, 0.2) is 0 Å². The third-order valence-corrected chi connectivity index (χ3v) is 2.96. The van der Waals surface area contributed by atoms with Crippen molar-refractivity contribution in [3.05, 3.63) is 30.3 Å². The Hall–Kier alpha value is -1.55. The van der Waals surface area contributed by atoms with Crippen molar-refractivity contribution in [2.24, 2.45) is 0 Å². The average molecular weight is 220 g/mol. The van der Waals surface area contributed by atoms with Crippen LogP contribution in [0.5, 0.6) is 0 Å². The van der Waals surface area contributed by atoms with Gasteiger partial charge >= 0.3 is 5.97 Å². The Morgan fingerprint density at radius 3 is 2.62 bits per heavy atom. The number of benzene rings is 1. The molecule has 1 saturated heterocycles. The minimum atomic E-state index is -0.754. The Bertz CT molecular complexity index is 367. The number of carboxylic acid groups (broad SMARTS) is 1. The molecule has 0 bridgehead atoms. The molecular formula is C12H16N2O2. The summed E-state index contributed by atoms with van der Waals surface area (Å²) in [6.07, 6.45) is 0. The second-order valence-electron chi connectivity index (χ2n) is 4.15. The van der Waals surface area contributed by atoms with Gasteiger partial charge in [0.1, 0.15) is 6.04 Å². The maximum atomic E-state index is 11.2. The van der Waals surface area contributed by atoms with Gasteiger partial charge < -0.3 is 14.9 Å². The molecule has 0 radical (unpaired) electrons. The molecule has 2 rings (SSSR count). The highest BCUT2D eigenvalue weighted by Crippen LogP contribution is 2.19. The smallest absolute Gasteiger partial charge is 0.327 e. The van der Waals surface area contributed by atoms with Gasteiger partial charge in [0.2, 0.25) is 0 Å². The average Bonchev–Trinajstić information content (AvgIpc) is 2.30. The quantitative estimate of drug-likeness (QED) is 0.804. The molecule has 0 amide bonds. The molecule has 86 valence electrons. The van der Waals surface area contributed by atoms with Crippen LogP contribution in [0.3, 0.4) is 0 Å². The number of rotatable bonds is 2. The van der Waals surface area contributed by atoms with Crippen LogP contribution in [0.4, 0.5) is 5.69 Å². The number of likely N-dealkylation sites (N-methyl/N-ethyl adjacent to an activating group) is 1. The molecule has 1 aliphatic rings. The van der Waals surface area contributed by atoms with Crippen molar-refractivity contribution in [1.82, 2.24) is 4.90 Å². The molecule has 4 nitrogen and oxygen atoms in total. The van der Waals surface area contributed by atoms with E-state index in [0.717, 1.165) is 18.8 Å². The van der Waals surface area contributed by atoms with Crippen molar-refractivity contribution in [2.45, 2.75) is 6.04 Å². The zero-order valence-corrected chi connectivity index (χ0v) is 9.34. The predicted octanol–water partition coefficient (Wildman–Crippen LogP) is 0.892. The molecule has 16 heavy (non-hydrogen) atoms. The van der Waals surface area contributed by atoms with Gasteiger partial charge in [-0.1, -0.05) is 18.2 Å². The SMILES string of the molecule is CN1CCN(c2ccccc2)C(C(=O)O)C1. The van der Waals surface area contributed by atoms with E-state index >= 15 is 0 Å². The van der Waals surface area contributed by atoms with Crippen LogP contribution in [0, 0.1) is 0 Å². The van der Waals surface area contributed by atoms with E-state index in [1.54, 1.807) is 0 Å². The monoisotopic (exact) mass is 220 g/mol. The molecule has 1 aromatic carbocycles. The van der Waals surface area contributed by atoms with Gasteiger partial charge in [-0.2, -0.15) is 0 Å². The van der Waals surface area contributed by atoms with Crippen LogP contribution in [-0.2, 0) is 4.79 Å². The summed E-state index contributed by atoms with van der Waals surface area (Å²) in [4.78, 5) is 15.2. The summed E-state index contributed by atoms with van der Waals surface area (Å²) in [6, 6.07) is 9.29. The van der Waals surface area contributed by atoms with Crippen LogP contribution in [0.25, 0.3) is 0 Å². The van der Waals surface area contributed by atoms with Crippen LogP contribution in [0.15, 0.2) is 30.3 Å². The van der Waals surface area contributed by atoms with Crippen molar-refractivity contribution in [3.63, 3.8) is 0 Å². The zero-order valence-electron chi connectivity index (χ0n) is 9.34. The van der Waals surface area contributed by atoms with Crippen molar-refractivity contribution < 1.29 is 9.90 Å². The molecule has 0 spiro atoms. The first-order chi connectivity index (χ1) is 7.68. The lowest BCUT2D eigenvalue weighted by atomic mass is 10.1. The second kappa shape index (κ2) is 4.53. The fraction of sp³-hybridized carbons (Fsp3) is 0.417. The highest BCUT2D eigenvalue weighted by Gasteiger charge is 2.30. The van der Waals surface area contributed by atoms with Gasteiger partial charge in [0.05, 0.1) is 0 Å². The molecule has 0 aliphatic carbocycles. The summed E-state index contributed by atoms with van der Waals surface area (Å²) in [5.74, 6) is -0.754. The van der Waals surface area contributed by atoms with E-state index in [2.05, 4.69) is 4.90 Å². The number of hydrogen-bond acceptors (Lipinski definition) is 3. The number of nitrogens with zero attached hydrogens (tertiary/aromatic N) is 2. The number of aliphatic carboxylic acids is 1. The summed E-state index contributed by atoms with van der Waals surface area (Å²) in [5.41, 5.74) is 0.989.